The molecule has 42 heavy (non-hydrogen) atoms. The van der Waals surface area contributed by atoms with Crippen molar-refractivity contribution in [2.45, 2.75) is 46.5 Å². The molecule has 3 rings (SSSR count). The van der Waals surface area contributed by atoms with Crippen LogP contribution in [0.1, 0.15) is 52.7 Å². The second kappa shape index (κ2) is 13.7. The summed E-state index contributed by atoms with van der Waals surface area (Å²) in [6, 6.07) is 7.11. The van der Waals surface area contributed by atoms with Crippen molar-refractivity contribution in [3.8, 4) is 5.75 Å². The Morgan fingerprint density at radius 2 is 1.90 bits per heavy atom. The number of halogens is 3. The van der Waals surface area contributed by atoms with Gasteiger partial charge in [0.25, 0.3) is 5.91 Å². The van der Waals surface area contributed by atoms with Crippen molar-refractivity contribution >= 4 is 45.4 Å². The van der Waals surface area contributed by atoms with E-state index in [1.165, 1.54) is 36.4 Å². The molecule has 0 bridgehead atoms. The molecule has 0 fully saturated rings. The number of alkyl halides is 3. The smallest absolute Gasteiger partial charge is 0.420 e. The van der Waals surface area contributed by atoms with Gasteiger partial charge < -0.3 is 26.0 Å². The molecule has 3 aromatic rings. The van der Waals surface area contributed by atoms with E-state index < -0.39 is 17.6 Å². The first kappa shape index (κ1) is 32.4. The molecule has 226 valence electrons. The highest BCUT2D eigenvalue weighted by molar-refractivity contribution is 7.16. The maximum atomic E-state index is 13.9. The number of nitrogens with two attached hydrogens (primary N) is 1. The number of benzene rings is 2. The van der Waals surface area contributed by atoms with E-state index in [0.29, 0.717) is 21.4 Å². The minimum atomic E-state index is -4.70. The highest BCUT2D eigenvalue weighted by atomic mass is 32.1. The van der Waals surface area contributed by atoms with Gasteiger partial charge in [0.2, 0.25) is 5.91 Å². The second-order valence-corrected chi connectivity index (χ2v) is 10.6. The summed E-state index contributed by atoms with van der Waals surface area (Å²) in [6.45, 7) is 7.03. The van der Waals surface area contributed by atoms with Crippen molar-refractivity contribution in [3.63, 3.8) is 0 Å². The molecule has 0 aliphatic heterocycles. The van der Waals surface area contributed by atoms with Gasteiger partial charge in [-0.3, -0.25) is 14.6 Å². The molecule has 1 heterocycles. The number of thiazole rings is 1. The molecule has 1 aromatic heterocycles. The third-order valence-corrected chi connectivity index (χ3v) is 6.92. The number of methoxy groups -OCH3 is 1. The van der Waals surface area contributed by atoms with Crippen LogP contribution in [0.4, 0.5) is 29.7 Å². The van der Waals surface area contributed by atoms with E-state index in [-0.39, 0.29) is 41.1 Å². The van der Waals surface area contributed by atoms with Crippen molar-refractivity contribution in [3.05, 3.63) is 69.9 Å². The number of hydrazine groups is 1. The van der Waals surface area contributed by atoms with Gasteiger partial charge >= 0.3 is 6.18 Å². The Morgan fingerprint density at radius 3 is 2.50 bits per heavy atom. The van der Waals surface area contributed by atoms with Crippen LogP contribution in [0.15, 0.2) is 42.7 Å². The number of aryl methyl sites for hydroxylation is 1. The van der Waals surface area contributed by atoms with Crippen LogP contribution in [-0.2, 0) is 17.5 Å². The molecular weight excluding hydrogens is 571 g/mol. The Kier molecular flexibility index (Phi) is 10.5. The summed E-state index contributed by atoms with van der Waals surface area (Å²) < 4.78 is 46.8. The lowest BCUT2D eigenvalue weighted by Crippen LogP contribution is -2.27. The lowest BCUT2D eigenvalue weighted by Gasteiger charge is -2.20. The van der Waals surface area contributed by atoms with Gasteiger partial charge in [0, 0.05) is 55.8 Å². The third-order valence-electron chi connectivity index (χ3n) is 5.98. The van der Waals surface area contributed by atoms with Crippen molar-refractivity contribution in [2.75, 3.05) is 29.8 Å². The summed E-state index contributed by atoms with van der Waals surface area (Å²) in [5.74, 6) is 5.18. The molecule has 0 radical (unpaired) electrons. The Balaban J connectivity index is 1.92. The molecule has 10 nitrogen and oxygen atoms in total. The first-order chi connectivity index (χ1) is 19.7. The maximum absolute atomic E-state index is 13.9. The number of carbonyl (C=O) groups excluding carboxylic acids is 2. The zero-order valence-electron chi connectivity index (χ0n) is 24.1. The van der Waals surface area contributed by atoms with E-state index in [4.69, 9.17) is 10.6 Å². The summed E-state index contributed by atoms with van der Waals surface area (Å²) in [6.07, 6.45) is -1.52. The number of nitrogens with zero attached hydrogens (tertiary/aromatic N) is 2. The molecule has 0 atom stereocenters. The minimum Gasteiger partial charge on any atom is -0.496 e. The summed E-state index contributed by atoms with van der Waals surface area (Å²) in [5.41, 5.74) is 1.24. The molecule has 0 aliphatic rings. The molecule has 14 heteroatoms. The Hall–Kier alpha value is -4.14. The number of nitrogens with one attached hydrogen (secondary N) is 4. The normalized spacial score (nSPS) is 11.8. The fourth-order valence-corrected chi connectivity index (χ4v) is 4.84. The monoisotopic (exact) mass is 605 g/mol. The molecule has 2 aromatic carbocycles. The molecule has 0 unspecified atom stereocenters. The largest absolute Gasteiger partial charge is 0.496 e. The second-order valence-electron chi connectivity index (χ2n) is 9.62. The summed E-state index contributed by atoms with van der Waals surface area (Å²) in [4.78, 5) is 29.4. The van der Waals surface area contributed by atoms with E-state index in [0.717, 1.165) is 11.6 Å². The number of aromatic nitrogens is 1. The fraction of sp³-hybridized carbons (Fsp3) is 0.321. The highest BCUT2D eigenvalue weighted by Gasteiger charge is 2.36. The number of carbonyl (C=O) groups is 2. The number of hydrogen-bond acceptors (Lipinski definition) is 9. The Bertz CT molecular complexity index is 1470. The van der Waals surface area contributed by atoms with Crippen molar-refractivity contribution < 1.29 is 27.5 Å². The Labute approximate surface area is 246 Å². The minimum absolute atomic E-state index is 0.0142. The van der Waals surface area contributed by atoms with E-state index in [2.05, 4.69) is 26.3 Å². The van der Waals surface area contributed by atoms with E-state index in [1.807, 2.05) is 13.8 Å². The first-order valence-electron chi connectivity index (χ1n) is 12.8. The predicted molar refractivity (Wildman–Crippen MR) is 159 cm³/mol. The fourth-order valence-electron chi connectivity index (χ4n) is 3.96. The van der Waals surface area contributed by atoms with Gasteiger partial charge in [0.05, 0.1) is 28.9 Å². The van der Waals surface area contributed by atoms with Gasteiger partial charge in [-0.1, -0.05) is 31.3 Å². The maximum Gasteiger partial charge on any atom is 0.420 e. The topological polar surface area (TPSA) is 134 Å². The van der Waals surface area contributed by atoms with Crippen LogP contribution >= 0.6 is 11.3 Å². The molecule has 0 saturated carbocycles. The van der Waals surface area contributed by atoms with Crippen molar-refractivity contribution in [1.82, 2.24) is 15.6 Å². The summed E-state index contributed by atoms with van der Waals surface area (Å²) >= 11 is 1.24. The quantitative estimate of drug-likeness (QED) is 0.151. The van der Waals surface area contributed by atoms with Gasteiger partial charge in [-0.2, -0.15) is 13.2 Å². The van der Waals surface area contributed by atoms with Gasteiger partial charge in [0.1, 0.15) is 5.75 Å². The van der Waals surface area contributed by atoms with E-state index in [9.17, 15) is 22.8 Å². The van der Waals surface area contributed by atoms with Crippen LogP contribution in [0.3, 0.4) is 0 Å². The first-order valence-corrected chi connectivity index (χ1v) is 13.7. The lowest BCUT2D eigenvalue weighted by atomic mass is 10.0. The van der Waals surface area contributed by atoms with Gasteiger partial charge in [-0.25, -0.2) is 10.8 Å². The zero-order chi connectivity index (χ0) is 31.2. The highest BCUT2D eigenvalue weighted by Crippen LogP contribution is 2.40. The number of hydrogen-bond donors (Lipinski definition) is 5. The van der Waals surface area contributed by atoms with Crippen LogP contribution in [0.5, 0.6) is 5.75 Å². The third kappa shape index (κ3) is 8.21. The van der Waals surface area contributed by atoms with Crippen LogP contribution in [-0.4, -0.2) is 37.0 Å². The SMILES string of the molecule is CN/C(=C\N(N)c1cc(C(=O)Nc2cc(CNC(C)C)c(OC)c(C(F)(F)F)c2)ccc1C)c1cnc(NC(C)=O)s1. The van der Waals surface area contributed by atoms with Crippen LogP contribution < -0.4 is 36.9 Å². The number of anilines is 3. The van der Waals surface area contributed by atoms with E-state index >= 15 is 0 Å². The van der Waals surface area contributed by atoms with Crippen molar-refractivity contribution in [1.29, 1.82) is 0 Å². The average molecular weight is 606 g/mol. The summed E-state index contributed by atoms with van der Waals surface area (Å²) in [5, 5.41) is 13.1. The van der Waals surface area contributed by atoms with Crippen LogP contribution in [0.25, 0.3) is 5.70 Å². The van der Waals surface area contributed by atoms with Crippen LogP contribution in [0.2, 0.25) is 0 Å². The molecule has 2 amide bonds. The molecule has 0 spiro atoms. The lowest BCUT2D eigenvalue weighted by molar-refractivity contribution is -0.138. The molecule has 0 saturated heterocycles. The number of amides is 2. The number of rotatable bonds is 11. The molecule has 6 N–H and O–H groups in total. The Morgan fingerprint density at radius 1 is 1.19 bits per heavy atom. The molecule has 0 aliphatic carbocycles. The standard InChI is InChI=1S/C28H34F3N7O3S/c1-15(2)34-12-19-9-20(11-21(25(19)41-6)28(29,30)31)37-26(40)18-8-7-16(3)23(10-18)38(32)14-22(33-5)24-13-35-27(42-24)36-17(4)39/h7-11,13-15,33-34H,12,32H2,1-6H3,(H,37,40)(H,35,36,39)/b22-14-. The molecular formula is C28H34F3N7O3S. The zero-order valence-corrected chi connectivity index (χ0v) is 24.9. The average Bonchev–Trinajstić information content (AvgIpc) is 3.37. The van der Waals surface area contributed by atoms with E-state index in [1.54, 1.807) is 44.6 Å². The van der Waals surface area contributed by atoms with Gasteiger partial charge in [-0.15, -0.1) is 0 Å². The van der Waals surface area contributed by atoms with Crippen LogP contribution in [0, 0.1) is 6.92 Å². The van der Waals surface area contributed by atoms with Gasteiger partial charge in [-0.05, 0) is 36.8 Å². The van der Waals surface area contributed by atoms with Gasteiger partial charge in [0.15, 0.2) is 5.13 Å². The number of ether oxygens (including phenoxy) is 1. The van der Waals surface area contributed by atoms with Crippen molar-refractivity contribution in [2.24, 2.45) is 5.84 Å². The summed E-state index contributed by atoms with van der Waals surface area (Å²) in [7, 11) is 2.88. The predicted octanol–water partition coefficient (Wildman–Crippen LogP) is 5.09.